The molecule has 1 N–H and O–H groups in total. The minimum absolute atomic E-state index is 0. The Morgan fingerprint density at radius 3 is 2.05 bits per heavy atom. The van der Waals surface area contributed by atoms with E-state index in [0.717, 1.165) is 16.9 Å². The normalized spacial score (nSPS) is 9.53. The van der Waals surface area contributed by atoms with Gasteiger partial charge in [0.25, 0.3) is 0 Å². The summed E-state index contributed by atoms with van der Waals surface area (Å²) in [7, 11) is 2.67. The first-order chi connectivity index (χ1) is 8.66. The number of nitrogens with one attached hydrogen (secondary N) is 1. The van der Waals surface area contributed by atoms with Crippen LogP contribution in [0.2, 0.25) is 0 Å². The first-order valence-corrected chi connectivity index (χ1v) is 6.12. The van der Waals surface area contributed by atoms with Crippen LogP contribution in [-0.2, 0) is 43.9 Å². The van der Waals surface area contributed by atoms with Gasteiger partial charge in [-0.15, -0.1) is 0 Å². The van der Waals surface area contributed by atoms with Crippen LogP contribution in [0.25, 0.3) is 5.73 Å². The van der Waals surface area contributed by atoms with Gasteiger partial charge in [0.15, 0.2) is 0 Å². The van der Waals surface area contributed by atoms with Crippen LogP contribution in [0.4, 0.5) is 11.4 Å². The summed E-state index contributed by atoms with van der Waals surface area (Å²) in [6.07, 6.45) is 0.169. The molecule has 0 aliphatic rings. The van der Waals surface area contributed by atoms with Gasteiger partial charge in [0.1, 0.15) is 0 Å². The van der Waals surface area contributed by atoms with Crippen molar-refractivity contribution in [3.05, 3.63) is 65.9 Å². The Balaban J connectivity index is 0.00000180. The molecule has 19 heavy (non-hydrogen) atoms. The fraction of sp³-hybridized carbons (Fsp3) is 0.0714. The number of anilines is 2. The maximum atomic E-state index is 10.7. The van der Waals surface area contributed by atoms with E-state index in [-0.39, 0.29) is 39.1 Å². The van der Waals surface area contributed by atoms with E-state index in [1.165, 1.54) is 0 Å². The number of carbonyl (C=O) groups is 1. The van der Waals surface area contributed by atoms with Crippen LogP contribution in [-0.4, -0.2) is 5.91 Å². The number of hydrogen-bond acceptors (Lipinski definition) is 2. The Bertz CT molecular complexity index is 531. The van der Waals surface area contributed by atoms with Crippen LogP contribution in [0.15, 0.2) is 54.6 Å². The first kappa shape index (κ1) is 16.3. The van der Waals surface area contributed by atoms with E-state index in [4.69, 9.17) is 5.73 Å². The molecule has 1 unspecified atom stereocenters. The smallest absolute Gasteiger partial charge is 0.0532 e. The van der Waals surface area contributed by atoms with Crippen LogP contribution < -0.4 is 4.67 Å². The zero-order valence-electron chi connectivity index (χ0n) is 10.4. The Kier molecular flexibility index (Phi) is 6.64. The minimum atomic E-state index is -0.562. The molecule has 0 aromatic heterocycles. The van der Waals surface area contributed by atoms with E-state index in [1.807, 2.05) is 59.3 Å². The second kappa shape index (κ2) is 7.74. The third-order valence-corrected chi connectivity index (χ3v) is 3.21. The van der Waals surface area contributed by atoms with Gasteiger partial charge < -0.3 is 15.2 Å². The van der Waals surface area contributed by atoms with Crippen molar-refractivity contribution in [2.75, 3.05) is 4.67 Å². The molecule has 0 fully saturated rings. The van der Waals surface area contributed by atoms with Crippen molar-refractivity contribution in [2.24, 2.45) is 0 Å². The predicted octanol–water partition coefficient (Wildman–Crippen LogP) is 3.73. The van der Waals surface area contributed by atoms with Crippen molar-refractivity contribution in [3.63, 3.8) is 0 Å². The molecule has 0 bridgehead atoms. The molecule has 2 aromatic rings. The summed E-state index contributed by atoms with van der Waals surface area (Å²) < 4.78 is 1.99. The van der Waals surface area contributed by atoms with Gasteiger partial charge in [-0.25, -0.2) is 0 Å². The molecule has 2 aromatic carbocycles. The van der Waals surface area contributed by atoms with Crippen molar-refractivity contribution < 1.29 is 37.5 Å². The molecule has 3 nitrogen and oxygen atoms in total. The molecule has 0 spiro atoms. The molecule has 0 saturated carbocycles. The number of hydrogen-bond donors (Lipinski definition) is 0. The average molecular weight is 346 g/mol. The van der Waals surface area contributed by atoms with Gasteiger partial charge in [-0.3, -0.25) is 0 Å². The average Bonchev–Trinajstić information content (AvgIpc) is 2.39. The number of amides is 1. The molecular formula is C14H14N2OPY-. The molecule has 0 aliphatic carbocycles. The summed E-state index contributed by atoms with van der Waals surface area (Å²) in [5, 5.41) is 0. The van der Waals surface area contributed by atoms with Gasteiger partial charge >= 0.3 is 0 Å². The summed E-state index contributed by atoms with van der Waals surface area (Å²) in [6, 6.07) is 17.6. The largest absolute Gasteiger partial charge is 0.667 e. The third-order valence-electron chi connectivity index (χ3n) is 2.61. The maximum Gasteiger partial charge on any atom is 0.0532 e. The number of para-hydroxylation sites is 1. The zero-order valence-corrected chi connectivity index (χ0v) is 14.4. The first-order valence-electron chi connectivity index (χ1n) is 5.60. The molecule has 0 heterocycles. The Morgan fingerprint density at radius 1 is 1.00 bits per heavy atom. The summed E-state index contributed by atoms with van der Waals surface area (Å²) in [6.45, 7) is 0. The van der Waals surface area contributed by atoms with Gasteiger partial charge in [-0.1, -0.05) is 30.3 Å². The molecule has 5 heteroatoms. The van der Waals surface area contributed by atoms with E-state index in [0.29, 0.717) is 0 Å². The monoisotopic (exact) mass is 346 g/mol. The predicted molar refractivity (Wildman–Crippen MR) is 77.8 cm³/mol. The van der Waals surface area contributed by atoms with Gasteiger partial charge in [-0.05, 0) is 39.2 Å². The molecule has 0 aliphatic heterocycles. The van der Waals surface area contributed by atoms with E-state index < -0.39 is 5.91 Å². The third kappa shape index (κ3) is 4.69. The molecule has 2 rings (SSSR count). The molecule has 1 atom stereocenters. The minimum Gasteiger partial charge on any atom is -0.667 e. The van der Waals surface area contributed by atoms with Crippen LogP contribution in [0.3, 0.4) is 0 Å². The molecule has 1 amide bonds. The fourth-order valence-corrected chi connectivity index (χ4v) is 2.04. The number of benzene rings is 2. The standard InChI is InChI=1S/C14H15N2OP.Y/c15-14(17)10-11-6-8-13(9-7-11)16(18)12-4-2-1-3-5-12;/h1-9H,10,18H2,(H2,15,17);/p-1. The quantitative estimate of drug-likeness (QED) is 0.792. The molecule has 1 radical (unpaired) electrons. The van der Waals surface area contributed by atoms with Crippen LogP contribution in [0.5, 0.6) is 0 Å². The molecular weight excluding hydrogens is 332 g/mol. The second-order valence-corrected chi connectivity index (χ2v) is 4.49. The van der Waals surface area contributed by atoms with Crippen molar-refractivity contribution in [1.82, 2.24) is 0 Å². The van der Waals surface area contributed by atoms with Crippen molar-refractivity contribution >= 4 is 26.7 Å². The van der Waals surface area contributed by atoms with Crippen LogP contribution in [0, 0.1) is 0 Å². The van der Waals surface area contributed by atoms with Crippen LogP contribution in [0.1, 0.15) is 5.56 Å². The van der Waals surface area contributed by atoms with E-state index in [9.17, 15) is 4.79 Å². The number of carbonyl (C=O) groups excluding carboxylic acids is 1. The summed E-state index contributed by atoms with van der Waals surface area (Å²) in [5.41, 5.74) is 9.90. The fourth-order valence-electron chi connectivity index (χ4n) is 1.70. The number of nitrogens with zero attached hydrogens (tertiary/aromatic N) is 1. The van der Waals surface area contributed by atoms with Crippen molar-refractivity contribution in [1.29, 1.82) is 0 Å². The maximum absolute atomic E-state index is 10.7. The SMILES string of the molecule is [NH-]C(=O)Cc1ccc(N(P)c2ccccc2)cc1.[Y]. The summed E-state index contributed by atoms with van der Waals surface area (Å²) >= 11 is 0. The van der Waals surface area contributed by atoms with E-state index in [2.05, 4.69) is 9.39 Å². The van der Waals surface area contributed by atoms with Gasteiger partial charge in [0, 0.05) is 50.5 Å². The summed E-state index contributed by atoms with van der Waals surface area (Å²) in [4.78, 5) is 10.7. The van der Waals surface area contributed by atoms with Gasteiger partial charge in [0.2, 0.25) is 0 Å². The summed E-state index contributed by atoms with van der Waals surface area (Å²) in [5.74, 6) is -0.562. The van der Waals surface area contributed by atoms with E-state index in [1.54, 1.807) is 0 Å². The molecule has 95 valence electrons. The number of rotatable bonds is 4. The topological polar surface area (TPSA) is 44.1 Å². The van der Waals surface area contributed by atoms with Gasteiger partial charge in [0.05, 0.1) is 5.91 Å². The molecule has 0 saturated heterocycles. The Hall–Kier alpha value is -0.756. The van der Waals surface area contributed by atoms with E-state index >= 15 is 0 Å². The van der Waals surface area contributed by atoms with Crippen molar-refractivity contribution in [2.45, 2.75) is 6.42 Å². The Morgan fingerprint density at radius 2 is 1.53 bits per heavy atom. The Labute approximate surface area is 140 Å². The van der Waals surface area contributed by atoms with Crippen molar-refractivity contribution in [3.8, 4) is 0 Å². The van der Waals surface area contributed by atoms with Gasteiger partial charge in [-0.2, -0.15) is 0 Å². The van der Waals surface area contributed by atoms with Crippen LogP contribution >= 0.6 is 9.39 Å². The zero-order chi connectivity index (χ0) is 13.0. The second-order valence-electron chi connectivity index (χ2n) is 3.97.